The predicted molar refractivity (Wildman–Crippen MR) is 106 cm³/mol. The smallest absolute Gasteiger partial charge is 0.268 e. The van der Waals surface area contributed by atoms with Crippen LogP contribution in [0.3, 0.4) is 0 Å². The summed E-state index contributed by atoms with van der Waals surface area (Å²) in [6, 6.07) is 14.5. The summed E-state index contributed by atoms with van der Waals surface area (Å²) in [4.78, 5) is 24.3. The second kappa shape index (κ2) is 6.74. The molecular weight excluding hydrogens is 362 g/mol. The van der Waals surface area contributed by atoms with Crippen LogP contribution in [-0.2, 0) is 7.05 Å². The van der Waals surface area contributed by atoms with E-state index in [2.05, 4.69) is 5.32 Å². The van der Waals surface area contributed by atoms with E-state index in [1.807, 2.05) is 48.0 Å². The highest BCUT2D eigenvalue weighted by Gasteiger charge is 2.34. The van der Waals surface area contributed by atoms with Crippen LogP contribution in [0.2, 0.25) is 5.02 Å². The van der Waals surface area contributed by atoms with Crippen molar-refractivity contribution in [3.8, 4) is 0 Å². The molecule has 0 bridgehead atoms. The molecule has 4 rings (SSSR count). The van der Waals surface area contributed by atoms with E-state index < -0.39 is 5.91 Å². The number of aromatic nitrogens is 1. The fraction of sp³-hybridized carbons (Fsp3) is 0.238. The van der Waals surface area contributed by atoms with Gasteiger partial charge in [-0.15, -0.1) is 0 Å². The first kappa shape index (κ1) is 17.6. The molecule has 5 nitrogen and oxygen atoms in total. The molecule has 0 unspecified atom stereocenters. The number of hydrogen-bond donors (Lipinski definition) is 2. The summed E-state index contributed by atoms with van der Waals surface area (Å²) in [7, 11) is 1.86. The number of primary amides is 1. The van der Waals surface area contributed by atoms with Gasteiger partial charge in [0.1, 0.15) is 5.69 Å². The van der Waals surface area contributed by atoms with Crippen LogP contribution in [0.25, 0.3) is 10.9 Å². The average Bonchev–Trinajstić information content (AvgIpc) is 3.44. The van der Waals surface area contributed by atoms with Gasteiger partial charge < -0.3 is 15.6 Å². The van der Waals surface area contributed by atoms with E-state index >= 15 is 0 Å². The number of aryl methyl sites for hydroxylation is 1. The van der Waals surface area contributed by atoms with E-state index in [1.54, 1.807) is 12.1 Å². The molecule has 138 valence electrons. The number of nitrogens with two attached hydrogens (primary N) is 1. The third-order valence-electron chi connectivity index (χ3n) is 5.17. The van der Waals surface area contributed by atoms with Gasteiger partial charge in [0.05, 0.1) is 6.04 Å². The minimum absolute atomic E-state index is 0.0824. The van der Waals surface area contributed by atoms with Crippen molar-refractivity contribution < 1.29 is 9.59 Å². The first-order valence-corrected chi connectivity index (χ1v) is 9.27. The van der Waals surface area contributed by atoms with Crippen molar-refractivity contribution in [1.82, 2.24) is 9.88 Å². The largest absolute Gasteiger partial charge is 0.366 e. The first-order valence-electron chi connectivity index (χ1n) is 8.89. The molecule has 1 fully saturated rings. The summed E-state index contributed by atoms with van der Waals surface area (Å²) in [5.41, 5.74) is 8.27. The van der Waals surface area contributed by atoms with Gasteiger partial charge in [-0.05, 0) is 54.7 Å². The molecule has 1 saturated carbocycles. The summed E-state index contributed by atoms with van der Waals surface area (Å²) < 4.78 is 1.86. The zero-order valence-electron chi connectivity index (χ0n) is 14.9. The van der Waals surface area contributed by atoms with Crippen LogP contribution in [0.4, 0.5) is 0 Å². The fourth-order valence-corrected chi connectivity index (χ4v) is 3.66. The van der Waals surface area contributed by atoms with E-state index in [0.29, 0.717) is 22.2 Å². The second-order valence-corrected chi connectivity index (χ2v) is 7.50. The molecule has 1 aliphatic carbocycles. The number of nitrogens with one attached hydrogen (secondary N) is 1. The van der Waals surface area contributed by atoms with E-state index in [0.717, 1.165) is 29.3 Å². The molecule has 1 aliphatic rings. The number of benzene rings is 2. The molecule has 0 radical (unpaired) electrons. The predicted octanol–water partition coefficient (Wildman–Crippen LogP) is 3.81. The molecule has 0 aliphatic heterocycles. The lowest BCUT2D eigenvalue weighted by Gasteiger charge is -2.19. The van der Waals surface area contributed by atoms with Gasteiger partial charge >= 0.3 is 0 Å². The minimum Gasteiger partial charge on any atom is -0.366 e. The maximum absolute atomic E-state index is 13.0. The Balaban J connectivity index is 1.61. The Morgan fingerprint density at radius 1 is 1.15 bits per heavy atom. The van der Waals surface area contributed by atoms with Gasteiger partial charge in [-0.1, -0.05) is 29.8 Å². The number of rotatable bonds is 5. The van der Waals surface area contributed by atoms with Crippen molar-refractivity contribution in [3.63, 3.8) is 0 Å². The molecular formula is C21H20ClN3O2. The molecule has 6 heteroatoms. The van der Waals surface area contributed by atoms with Crippen LogP contribution in [-0.4, -0.2) is 16.4 Å². The molecule has 1 atom stereocenters. The quantitative estimate of drug-likeness (QED) is 0.704. The van der Waals surface area contributed by atoms with E-state index in [4.69, 9.17) is 17.3 Å². The number of hydrogen-bond acceptors (Lipinski definition) is 2. The van der Waals surface area contributed by atoms with Crippen LogP contribution in [0.15, 0.2) is 48.5 Å². The van der Waals surface area contributed by atoms with Crippen molar-refractivity contribution in [2.75, 3.05) is 0 Å². The standard InChI is InChI=1S/C21H20ClN3O2/c1-25-17-11-16(22)9-8-15(17)10-18(25)21(27)24-19(12-2-3-12)13-4-6-14(7-5-13)20(23)26/h4-12,19H,2-3H2,1H3,(H2,23,26)(H,24,27)/t19-/m0/s1. The molecule has 0 saturated heterocycles. The summed E-state index contributed by atoms with van der Waals surface area (Å²) in [5, 5.41) is 4.78. The molecule has 27 heavy (non-hydrogen) atoms. The zero-order chi connectivity index (χ0) is 19.1. The van der Waals surface area contributed by atoms with Crippen LogP contribution < -0.4 is 11.1 Å². The van der Waals surface area contributed by atoms with Gasteiger partial charge in [-0.3, -0.25) is 9.59 Å². The van der Waals surface area contributed by atoms with Gasteiger partial charge in [0.25, 0.3) is 5.91 Å². The maximum atomic E-state index is 13.0. The average molecular weight is 382 g/mol. The van der Waals surface area contributed by atoms with Gasteiger partial charge in [-0.2, -0.15) is 0 Å². The SMILES string of the molecule is Cn1c(C(=O)N[C@H](c2ccc(C(N)=O)cc2)C2CC2)cc2ccc(Cl)cc21. The first-order chi connectivity index (χ1) is 12.9. The topological polar surface area (TPSA) is 77.1 Å². The van der Waals surface area contributed by atoms with Gasteiger partial charge in [-0.25, -0.2) is 0 Å². The molecule has 2 aromatic carbocycles. The van der Waals surface area contributed by atoms with Crippen molar-refractivity contribution >= 4 is 34.3 Å². The zero-order valence-corrected chi connectivity index (χ0v) is 15.7. The van der Waals surface area contributed by atoms with Crippen molar-refractivity contribution in [2.45, 2.75) is 18.9 Å². The number of nitrogens with zero attached hydrogens (tertiary/aromatic N) is 1. The molecule has 1 aromatic heterocycles. The Hall–Kier alpha value is -2.79. The maximum Gasteiger partial charge on any atom is 0.268 e. The highest BCUT2D eigenvalue weighted by molar-refractivity contribution is 6.31. The number of halogens is 1. The highest BCUT2D eigenvalue weighted by Crippen LogP contribution is 2.41. The van der Waals surface area contributed by atoms with Crippen molar-refractivity contribution in [2.24, 2.45) is 18.7 Å². The van der Waals surface area contributed by atoms with Crippen LogP contribution in [0, 0.1) is 5.92 Å². The van der Waals surface area contributed by atoms with Gasteiger partial charge in [0, 0.05) is 28.5 Å². The summed E-state index contributed by atoms with van der Waals surface area (Å²) in [6.45, 7) is 0. The summed E-state index contributed by atoms with van der Waals surface area (Å²) in [5.74, 6) is -0.166. The van der Waals surface area contributed by atoms with E-state index in [9.17, 15) is 9.59 Å². The molecule has 3 N–H and O–H groups in total. The Morgan fingerprint density at radius 2 is 1.85 bits per heavy atom. The monoisotopic (exact) mass is 381 g/mol. The van der Waals surface area contributed by atoms with E-state index in [1.165, 1.54) is 0 Å². The lowest BCUT2D eigenvalue weighted by molar-refractivity contribution is 0.0922. The van der Waals surface area contributed by atoms with Crippen molar-refractivity contribution in [3.05, 3.63) is 70.4 Å². The Kier molecular flexibility index (Phi) is 4.40. The number of carbonyl (C=O) groups excluding carboxylic acids is 2. The second-order valence-electron chi connectivity index (χ2n) is 7.07. The van der Waals surface area contributed by atoms with E-state index in [-0.39, 0.29) is 11.9 Å². The molecule has 0 spiro atoms. The van der Waals surface area contributed by atoms with Gasteiger partial charge in [0.2, 0.25) is 5.91 Å². The lowest BCUT2D eigenvalue weighted by Crippen LogP contribution is -2.31. The number of amides is 2. The fourth-order valence-electron chi connectivity index (χ4n) is 3.49. The third-order valence-corrected chi connectivity index (χ3v) is 5.41. The van der Waals surface area contributed by atoms with Crippen LogP contribution >= 0.6 is 11.6 Å². The lowest BCUT2D eigenvalue weighted by atomic mass is 10.0. The number of carbonyl (C=O) groups is 2. The third kappa shape index (κ3) is 3.43. The Labute approximate surface area is 162 Å². The molecule has 1 heterocycles. The summed E-state index contributed by atoms with van der Waals surface area (Å²) >= 11 is 6.08. The summed E-state index contributed by atoms with van der Waals surface area (Å²) in [6.07, 6.45) is 2.15. The normalized spacial score (nSPS) is 14.9. The van der Waals surface area contributed by atoms with Gasteiger partial charge in [0.15, 0.2) is 0 Å². The van der Waals surface area contributed by atoms with Crippen molar-refractivity contribution in [1.29, 1.82) is 0 Å². The minimum atomic E-state index is -0.456. The highest BCUT2D eigenvalue weighted by atomic mass is 35.5. The Bertz CT molecular complexity index is 1040. The number of fused-ring (bicyclic) bond motifs is 1. The molecule has 2 amide bonds. The van der Waals surface area contributed by atoms with Crippen LogP contribution in [0.5, 0.6) is 0 Å². The molecule has 3 aromatic rings. The Morgan fingerprint density at radius 3 is 2.48 bits per heavy atom. The van der Waals surface area contributed by atoms with Crippen LogP contribution in [0.1, 0.15) is 45.3 Å².